The number of imide groups is 1. The topological polar surface area (TPSA) is 70.7 Å². The Bertz CT molecular complexity index is 761. The van der Waals surface area contributed by atoms with Crippen molar-refractivity contribution in [1.82, 2.24) is 10.6 Å². The Kier molecular flexibility index (Phi) is 3.66. The smallest absolute Gasteiger partial charge is 0.329 e. The van der Waals surface area contributed by atoms with Crippen LogP contribution in [0.25, 0.3) is 0 Å². The van der Waals surface area contributed by atoms with Gasteiger partial charge < -0.3 is 15.4 Å². The summed E-state index contributed by atoms with van der Waals surface area (Å²) in [6, 6.07) is 15.5. The Hall–Kier alpha value is -2.86. The molecule has 6 nitrogen and oxygen atoms in total. The lowest BCUT2D eigenvalue weighted by atomic mass is 10.1. The van der Waals surface area contributed by atoms with E-state index in [0.717, 1.165) is 18.7 Å². The largest absolute Gasteiger partial charge is 0.457 e. The summed E-state index contributed by atoms with van der Waals surface area (Å²) in [5.74, 6) is 1.17. The molecule has 0 radical (unpaired) electrons. The number of amides is 3. The van der Waals surface area contributed by atoms with Crippen LogP contribution in [0.1, 0.15) is 6.42 Å². The second-order valence-electron chi connectivity index (χ2n) is 5.86. The van der Waals surface area contributed by atoms with Gasteiger partial charge in [0.2, 0.25) is 0 Å². The fourth-order valence-corrected chi connectivity index (χ4v) is 3.11. The molecule has 0 saturated carbocycles. The van der Waals surface area contributed by atoms with Gasteiger partial charge in [-0.15, -0.1) is 0 Å². The number of nitrogens with one attached hydrogen (secondary N) is 2. The zero-order chi connectivity index (χ0) is 16.5. The van der Waals surface area contributed by atoms with Gasteiger partial charge in [0.25, 0.3) is 5.91 Å². The van der Waals surface area contributed by atoms with Crippen molar-refractivity contribution in [2.75, 3.05) is 11.4 Å². The zero-order valence-corrected chi connectivity index (χ0v) is 12.9. The summed E-state index contributed by atoms with van der Waals surface area (Å²) in [4.78, 5) is 26.0. The van der Waals surface area contributed by atoms with Crippen molar-refractivity contribution >= 4 is 17.6 Å². The summed E-state index contributed by atoms with van der Waals surface area (Å²) >= 11 is 0. The van der Waals surface area contributed by atoms with Crippen LogP contribution in [0.2, 0.25) is 0 Å². The molecule has 3 amide bonds. The molecule has 24 heavy (non-hydrogen) atoms. The van der Waals surface area contributed by atoms with Crippen molar-refractivity contribution in [3.8, 4) is 11.5 Å². The highest BCUT2D eigenvalue weighted by molar-refractivity contribution is 6.18. The summed E-state index contributed by atoms with van der Waals surface area (Å²) in [6.07, 6.45) is 0.778. The minimum Gasteiger partial charge on any atom is -0.457 e. The summed E-state index contributed by atoms with van der Waals surface area (Å²) in [6.45, 7) is 0.735. The molecule has 0 aromatic heterocycles. The second kappa shape index (κ2) is 5.98. The first-order valence-electron chi connectivity index (χ1n) is 7.93. The maximum absolute atomic E-state index is 12.6. The van der Waals surface area contributed by atoms with Crippen LogP contribution in [0.15, 0.2) is 54.6 Å². The molecule has 6 heteroatoms. The van der Waals surface area contributed by atoms with Gasteiger partial charge in [0.1, 0.15) is 17.5 Å². The minimum atomic E-state index is -0.373. The van der Waals surface area contributed by atoms with Gasteiger partial charge in [-0.1, -0.05) is 18.2 Å². The van der Waals surface area contributed by atoms with Crippen molar-refractivity contribution in [1.29, 1.82) is 0 Å². The summed E-state index contributed by atoms with van der Waals surface area (Å²) < 4.78 is 5.73. The Morgan fingerprint density at radius 2 is 1.67 bits per heavy atom. The van der Waals surface area contributed by atoms with Crippen LogP contribution in [-0.4, -0.2) is 30.6 Å². The first-order chi connectivity index (χ1) is 11.7. The quantitative estimate of drug-likeness (QED) is 0.909. The lowest BCUT2D eigenvalue weighted by Gasteiger charge is -2.33. The molecule has 2 atom stereocenters. The number of anilines is 1. The van der Waals surface area contributed by atoms with Crippen molar-refractivity contribution in [3.05, 3.63) is 54.6 Å². The molecule has 4 rings (SSSR count). The van der Waals surface area contributed by atoms with Gasteiger partial charge in [-0.25, -0.2) is 9.69 Å². The summed E-state index contributed by atoms with van der Waals surface area (Å²) in [5.41, 5.74) is 0.532. The lowest BCUT2D eigenvalue weighted by molar-refractivity contribution is -0.120. The van der Waals surface area contributed by atoms with E-state index >= 15 is 0 Å². The molecule has 2 aromatic rings. The highest BCUT2D eigenvalue weighted by atomic mass is 16.5. The summed E-state index contributed by atoms with van der Waals surface area (Å²) in [5, 5.41) is 6.03. The molecule has 0 spiro atoms. The van der Waals surface area contributed by atoms with E-state index in [9.17, 15) is 9.59 Å². The summed E-state index contributed by atoms with van der Waals surface area (Å²) in [7, 11) is 0. The lowest BCUT2D eigenvalue weighted by Crippen LogP contribution is -2.63. The standard InChI is InChI=1S/C18H17N3O3/c22-17-16-15(10-11-19-16)20-18(23)21(17)12-6-8-14(9-7-12)24-13-4-2-1-3-5-13/h1-9,15-16,19H,10-11H2,(H,20,23). The highest BCUT2D eigenvalue weighted by Crippen LogP contribution is 2.27. The van der Waals surface area contributed by atoms with Gasteiger partial charge in [-0.2, -0.15) is 0 Å². The van der Waals surface area contributed by atoms with E-state index in [1.54, 1.807) is 24.3 Å². The number of urea groups is 1. The predicted octanol–water partition coefficient (Wildman–Crippen LogP) is 2.27. The number of hydrogen-bond acceptors (Lipinski definition) is 4. The molecule has 2 fully saturated rings. The molecular formula is C18H17N3O3. The Morgan fingerprint density at radius 3 is 2.42 bits per heavy atom. The van der Waals surface area contributed by atoms with Gasteiger partial charge in [0.05, 0.1) is 11.7 Å². The maximum Gasteiger partial charge on any atom is 0.329 e. The van der Waals surface area contributed by atoms with E-state index in [1.165, 1.54) is 4.90 Å². The normalized spacial score (nSPS) is 22.9. The number of carbonyl (C=O) groups is 2. The van der Waals surface area contributed by atoms with Crippen LogP contribution in [-0.2, 0) is 4.79 Å². The van der Waals surface area contributed by atoms with E-state index in [0.29, 0.717) is 11.4 Å². The molecule has 2 aliphatic rings. The van der Waals surface area contributed by atoms with Crippen LogP contribution in [0, 0.1) is 0 Å². The number of carbonyl (C=O) groups excluding carboxylic acids is 2. The fraction of sp³-hybridized carbons (Fsp3) is 0.222. The second-order valence-corrected chi connectivity index (χ2v) is 5.86. The zero-order valence-electron chi connectivity index (χ0n) is 12.9. The molecule has 2 N–H and O–H groups in total. The molecule has 0 bridgehead atoms. The van der Waals surface area contributed by atoms with Crippen LogP contribution >= 0.6 is 0 Å². The first kappa shape index (κ1) is 14.7. The molecule has 2 heterocycles. The third-order valence-corrected chi connectivity index (χ3v) is 4.29. The predicted molar refractivity (Wildman–Crippen MR) is 89.2 cm³/mol. The number of ether oxygens (including phenoxy) is 1. The van der Waals surface area contributed by atoms with Crippen LogP contribution in [0.4, 0.5) is 10.5 Å². The van der Waals surface area contributed by atoms with Gasteiger partial charge in [0, 0.05) is 0 Å². The van der Waals surface area contributed by atoms with Crippen molar-refractivity contribution in [2.45, 2.75) is 18.5 Å². The van der Waals surface area contributed by atoms with Crippen LogP contribution in [0.3, 0.4) is 0 Å². The van der Waals surface area contributed by atoms with Gasteiger partial charge in [-0.05, 0) is 49.4 Å². The molecule has 2 saturated heterocycles. The number of nitrogens with zero attached hydrogens (tertiary/aromatic N) is 1. The third-order valence-electron chi connectivity index (χ3n) is 4.29. The van der Waals surface area contributed by atoms with E-state index in [-0.39, 0.29) is 24.0 Å². The Labute approximate surface area is 139 Å². The number of fused-ring (bicyclic) bond motifs is 1. The van der Waals surface area contributed by atoms with Crippen LogP contribution < -0.4 is 20.3 Å². The van der Waals surface area contributed by atoms with Crippen molar-refractivity contribution in [2.24, 2.45) is 0 Å². The molecule has 2 aromatic carbocycles. The molecule has 0 aliphatic carbocycles. The van der Waals surface area contributed by atoms with Gasteiger partial charge in [0.15, 0.2) is 0 Å². The molecule has 2 unspecified atom stereocenters. The number of para-hydroxylation sites is 1. The van der Waals surface area contributed by atoms with E-state index in [4.69, 9.17) is 4.74 Å². The van der Waals surface area contributed by atoms with E-state index in [2.05, 4.69) is 10.6 Å². The number of rotatable bonds is 3. The maximum atomic E-state index is 12.6. The first-order valence-corrected chi connectivity index (χ1v) is 7.93. The van der Waals surface area contributed by atoms with E-state index < -0.39 is 0 Å². The number of hydrogen-bond donors (Lipinski definition) is 2. The number of benzene rings is 2. The van der Waals surface area contributed by atoms with Crippen molar-refractivity contribution in [3.63, 3.8) is 0 Å². The van der Waals surface area contributed by atoms with Crippen LogP contribution in [0.5, 0.6) is 11.5 Å². The average molecular weight is 323 g/mol. The third kappa shape index (κ3) is 2.61. The van der Waals surface area contributed by atoms with Gasteiger partial charge >= 0.3 is 6.03 Å². The average Bonchev–Trinajstić information content (AvgIpc) is 3.06. The molecule has 122 valence electrons. The Morgan fingerprint density at radius 1 is 0.958 bits per heavy atom. The minimum absolute atomic E-state index is 0.109. The Balaban J connectivity index is 1.54. The SMILES string of the molecule is O=C1NC2CCNC2C(=O)N1c1ccc(Oc2ccccc2)cc1. The van der Waals surface area contributed by atoms with Gasteiger partial charge in [-0.3, -0.25) is 4.79 Å². The monoisotopic (exact) mass is 323 g/mol. The molecule has 2 aliphatic heterocycles. The van der Waals surface area contributed by atoms with E-state index in [1.807, 2.05) is 30.3 Å². The van der Waals surface area contributed by atoms with Crippen molar-refractivity contribution < 1.29 is 14.3 Å². The molecular weight excluding hydrogens is 306 g/mol. The fourth-order valence-electron chi connectivity index (χ4n) is 3.11. The highest BCUT2D eigenvalue weighted by Gasteiger charge is 2.44.